The summed E-state index contributed by atoms with van der Waals surface area (Å²) in [6.45, 7) is 3.03. The summed E-state index contributed by atoms with van der Waals surface area (Å²) in [5.41, 5.74) is 2.76. The minimum atomic E-state index is -0.430. The third-order valence-electron chi connectivity index (χ3n) is 5.48. The summed E-state index contributed by atoms with van der Waals surface area (Å²) < 4.78 is 26.9. The number of nitrogens with one attached hydrogen (secondary N) is 1. The normalized spacial score (nSPS) is 13.9. The smallest absolute Gasteiger partial charge is 0.320 e. The zero-order valence-electron chi connectivity index (χ0n) is 17.9. The molecule has 0 saturated carbocycles. The van der Waals surface area contributed by atoms with Crippen LogP contribution in [0.3, 0.4) is 0 Å². The van der Waals surface area contributed by atoms with Crippen molar-refractivity contribution in [3.63, 3.8) is 0 Å². The molecule has 0 bridgehead atoms. The van der Waals surface area contributed by atoms with Crippen molar-refractivity contribution in [1.82, 2.24) is 4.90 Å². The molecule has 1 saturated heterocycles. The number of rotatable bonds is 5. The maximum Gasteiger partial charge on any atom is 0.324 e. The Hall–Kier alpha value is -3.45. The summed E-state index contributed by atoms with van der Waals surface area (Å²) in [4.78, 5) is 29.2. The van der Waals surface area contributed by atoms with Crippen molar-refractivity contribution in [3.8, 4) is 0 Å². The molecular formula is C25H22ClF2N3O2. The van der Waals surface area contributed by atoms with Crippen molar-refractivity contribution in [1.29, 1.82) is 0 Å². The van der Waals surface area contributed by atoms with Gasteiger partial charge >= 0.3 is 6.03 Å². The minimum Gasteiger partial charge on any atom is -0.320 e. The van der Waals surface area contributed by atoms with Gasteiger partial charge in [0.2, 0.25) is 0 Å². The van der Waals surface area contributed by atoms with E-state index >= 15 is 0 Å². The van der Waals surface area contributed by atoms with Crippen LogP contribution in [-0.2, 0) is 6.54 Å². The maximum absolute atomic E-state index is 13.7. The predicted molar refractivity (Wildman–Crippen MR) is 125 cm³/mol. The number of urea groups is 1. The first-order valence-corrected chi connectivity index (χ1v) is 10.9. The Balaban J connectivity index is 1.59. The molecule has 0 unspecified atom stereocenters. The molecule has 0 radical (unpaired) electrons. The SMILES string of the molecule is Cc1ccc(N2CCCN(Cc3cc(F)ccc3Cl)C2=O)c(NC(=O)c2ccc(F)cc2)c1. The van der Waals surface area contributed by atoms with Crippen LogP contribution in [0, 0.1) is 18.6 Å². The van der Waals surface area contributed by atoms with E-state index in [-0.39, 0.29) is 12.6 Å². The summed E-state index contributed by atoms with van der Waals surface area (Å²) in [7, 11) is 0. The molecule has 3 aromatic rings. The van der Waals surface area contributed by atoms with Crippen molar-refractivity contribution in [2.45, 2.75) is 19.9 Å². The molecule has 1 fully saturated rings. The lowest BCUT2D eigenvalue weighted by Gasteiger charge is -2.36. The van der Waals surface area contributed by atoms with E-state index in [1.54, 1.807) is 21.9 Å². The van der Waals surface area contributed by atoms with Crippen molar-refractivity contribution in [2.24, 2.45) is 0 Å². The Morgan fingerprint density at radius 2 is 1.73 bits per heavy atom. The van der Waals surface area contributed by atoms with Gasteiger partial charge < -0.3 is 10.2 Å². The van der Waals surface area contributed by atoms with Crippen LogP contribution < -0.4 is 10.2 Å². The number of nitrogens with zero attached hydrogens (tertiary/aromatic N) is 2. The van der Waals surface area contributed by atoms with Crippen LogP contribution in [-0.4, -0.2) is 29.9 Å². The van der Waals surface area contributed by atoms with E-state index in [9.17, 15) is 18.4 Å². The molecule has 170 valence electrons. The Kier molecular flexibility index (Phi) is 6.60. The molecule has 4 rings (SSSR count). The fraction of sp³-hybridized carbons (Fsp3) is 0.200. The maximum atomic E-state index is 13.7. The number of carbonyl (C=O) groups excluding carboxylic acids is 2. The van der Waals surface area contributed by atoms with E-state index in [0.29, 0.717) is 47.0 Å². The average molecular weight is 470 g/mol. The summed E-state index contributed by atoms with van der Waals surface area (Å²) in [6, 6.07) is 14.5. The zero-order valence-corrected chi connectivity index (χ0v) is 18.7. The van der Waals surface area contributed by atoms with Crippen LogP contribution in [0.1, 0.15) is 27.9 Å². The van der Waals surface area contributed by atoms with Crippen LogP contribution in [0.2, 0.25) is 5.02 Å². The third-order valence-corrected chi connectivity index (χ3v) is 5.85. The minimum absolute atomic E-state index is 0.176. The number of benzene rings is 3. The Morgan fingerprint density at radius 1 is 1.00 bits per heavy atom. The second-order valence-corrected chi connectivity index (χ2v) is 8.33. The van der Waals surface area contributed by atoms with Gasteiger partial charge in [-0.3, -0.25) is 9.69 Å². The summed E-state index contributed by atoms with van der Waals surface area (Å²) in [6.07, 6.45) is 0.692. The van der Waals surface area contributed by atoms with Crippen LogP contribution >= 0.6 is 11.6 Å². The van der Waals surface area contributed by atoms with E-state index in [4.69, 9.17) is 11.6 Å². The first-order valence-electron chi connectivity index (χ1n) is 10.5. The van der Waals surface area contributed by atoms with E-state index in [0.717, 1.165) is 5.56 Å². The molecule has 33 heavy (non-hydrogen) atoms. The van der Waals surface area contributed by atoms with Crippen molar-refractivity contribution >= 4 is 34.9 Å². The van der Waals surface area contributed by atoms with Gasteiger partial charge in [0.05, 0.1) is 11.4 Å². The fourth-order valence-corrected chi connectivity index (χ4v) is 3.98. The van der Waals surface area contributed by atoms with Gasteiger partial charge in [0, 0.05) is 30.2 Å². The molecule has 3 amide bonds. The van der Waals surface area contributed by atoms with Gasteiger partial charge in [-0.05, 0) is 79.1 Å². The van der Waals surface area contributed by atoms with E-state index in [1.807, 2.05) is 13.0 Å². The van der Waals surface area contributed by atoms with E-state index in [2.05, 4.69) is 5.32 Å². The van der Waals surface area contributed by atoms with Gasteiger partial charge in [-0.2, -0.15) is 0 Å². The monoisotopic (exact) mass is 469 g/mol. The number of hydrogen-bond donors (Lipinski definition) is 1. The number of amides is 3. The molecule has 8 heteroatoms. The number of hydrogen-bond acceptors (Lipinski definition) is 2. The highest BCUT2D eigenvalue weighted by molar-refractivity contribution is 6.31. The molecule has 0 aromatic heterocycles. The number of halogens is 3. The summed E-state index contributed by atoms with van der Waals surface area (Å²) in [5.74, 6) is -1.25. The molecule has 1 aliphatic rings. The molecule has 1 heterocycles. The van der Waals surface area contributed by atoms with Crippen LogP contribution in [0.5, 0.6) is 0 Å². The highest BCUT2D eigenvalue weighted by Crippen LogP contribution is 2.31. The highest BCUT2D eigenvalue weighted by atomic mass is 35.5. The van der Waals surface area contributed by atoms with Gasteiger partial charge in [-0.1, -0.05) is 17.7 Å². The summed E-state index contributed by atoms with van der Waals surface area (Å²) >= 11 is 6.20. The third kappa shape index (κ3) is 5.14. The second-order valence-electron chi connectivity index (χ2n) is 7.93. The molecular weight excluding hydrogens is 448 g/mol. The molecule has 0 spiro atoms. The quantitative estimate of drug-likeness (QED) is 0.497. The predicted octanol–water partition coefficient (Wildman–Crippen LogP) is 6.01. The Morgan fingerprint density at radius 3 is 2.48 bits per heavy atom. The molecule has 1 N–H and O–H groups in total. The first-order chi connectivity index (χ1) is 15.8. The van der Waals surface area contributed by atoms with Crippen LogP contribution in [0.15, 0.2) is 60.7 Å². The molecule has 0 atom stereocenters. The fourth-order valence-electron chi connectivity index (χ4n) is 3.80. The molecule has 1 aliphatic heterocycles. The van der Waals surface area contributed by atoms with Crippen molar-refractivity contribution in [3.05, 3.63) is 94.0 Å². The van der Waals surface area contributed by atoms with Crippen LogP contribution in [0.4, 0.5) is 25.0 Å². The number of aryl methyl sites for hydroxylation is 1. The van der Waals surface area contributed by atoms with Gasteiger partial charge in [0.1, 0.15) is 11.6 Å². The van der Waals surface area contributed by atoms with Crippen molar-refractivity contribution in [2.75, 3.05) is 23.3 Å². The lowest BCUT2D eigenvalue weighted by Crippen LogP contribution is -2.49. The Bertz CT molecular complexity index is 1200. The highest BCUT2D eigenvalue weighted by Gasteiger charge is 2.29. The largest absolute Gasteiger partial charge is 0.324 e. The zero-order chi connectivity index (χ0) is 23.5. The van der Waals surface area contributed by atoms with E-state index < -0.39 is 17.5 Å². The number of anilines is 2. The van der Waals surface area contributed by atoms with Crippen LogP contribution in [0.25, 0.3) is 0 Å². The van der Waals surface area contributed by atoms with Gasteiger partial charge in [0.25, 0.3) is 5.91 Å². The Labute approximate surface area is 195 Å². The first kappa shape index (κ1) is 22.7. The lowest BCUT2D eigenvalue weighted by atomic mass is 10.1. The standard InChI is InChI=1S/C25H22ClF2N3O2/c1-16-3-10-23(22(13-16)29-24(32)17-4-6-19(27)7-5-17)31-12-2-11-30(25(31)33)15-18-14-20(28)8-9-21(18)26/h3-10,13-14H,2,11-12,15H2,1H3,(H,29,32). The van der Waals surface area contributed by atoms with E-state index in [1.165, 1.54) is 42.5 Å². The summed E-state index contributed by atoms with van der Waals surface area (Å²) in [5, 5.41) is 3.23. The second kappa shape index (κ2) is 9.58. The molecule has 3 aromatic carbocycles. The lowest BCUT2D eigenvalue weighted by molar-refractivity contribution is 0.102. The molecule has 0 aliphatic carbocycles. The molecule has 5 nitrogen and oxygen atoms in total. The average Bonchev–Trinajstić information content (AvgIpc) is 2.78. The number of carbonyl (C=O) groups is 2. The van der Waals surface area contributed by atoms with Crippen molar-refractivity contribution < 1.29 is 18.4 Å². The van der Waals surface area contributed by atoms with Gasteiger partial charge in [0.15, 0.2) is 0 Å². The van der Waals surface area contributed by atoms with Gasteiger partial charge in [-0.15, -0.1) is 0 Å². The topological polar surface area (TPSA) is 52.6 Å². The van der Waals surface area contributed by atoms with Gasteiger partial charge in [-0.25, -0.2) is 13.6 Å².